The molecule has 0 spiro atoms. The molecule has 0 aliphatic carbocycles. The summed E-state index contributed by atoms with van der Waals surface area (Å²) in [6, 6.07) is 19.2. The Labute approximate surface area is 202 Å². The number of nitrogens with zero attached hydrogens (tertiary/aromatic N) is 3. The Hall–Kier alpha value is -3.03. The van der Waals surface area contributed by atoms with Crippen molar-refractivity contribution >= 4 is 35.0 Å². The van der Waals surface area contributed by atoms with Crippen molar-refractivity contribution in [2.24, 2.45) is 0 Å². The van der Waals surface area contributed by atoms with Crippen LogP contribution < -0.4 is 5.32 Å². The first kappa shape index (κ1) is 23.1. The van der Waals surface area contributed by atoms with Crippen molar-refractivity contribution < 1.29 is 9.21 Å². The number of halogens is 1. The van der Waals surface area contributed by atoms with Crippen LogP contribution in [0.1, 0.15) is 37.5 Å². The number of rotatable bonds is 9. The number of benzene rings is 2. The van der Waals surface area contributed by atoms with Crippen LogP contribution in [0.2, 0.25) is 5.02 Å². The number of thioether (sulfide) groups is 1. The highest BCUT2D eigenvalue weighted by Gasteiger charge is 2.17. The summed E-state index contributed by atoms with van der Waals surface area (Å²) in [6.07, 6.45) is 2.72. The van der Waals surface area contributed by atoms with E-state index in [1.807, 2.05) is 53.1 Å². The number of carbonyl (C=O) groups is 1. The first-order valence-corrected chi connectivity index (χ1v) is 12.1. The van der Waals surface area contributed by atoms with Gasteiger partial charge in [-0.15, -0.1) is 10.2 Å². The van der Waals surface area contributed by atoms with Crippen LogP contribution in [0.5, 0.6) is 0 Å². The fourth-order valence-corrected chi connectivity index (χ4v) is 4.23. The van der Waals surface area contributed by atoms with Crippen LogP contribution in [0.3, 0.4) is 0 Å². The van der Waals surface area contributed by atoms with E-state index < -0.39 is 0 Å². The van der Waals surface area contributed by atoms with Crippen LogP contribution in [0, 0.1) is 0 Å². The molecule has 0 aliphatic heterocycles. The smallest absolute Gasteiger partial charge is 0.234 e. The quantitative estimate of drug-likeness (QED) is 0.277. The maximum Gasteiger partial charge on any atom is 0.234 e. The summed E-state index contributed by atoms with van der Waals surface area (Å²) < 4.78 is 7.47. The highest BCUT2D eigenvalue weighted by atomic mass is 35.5. The van der Waals surface area contributed by atoms with E-state index in [1.54, 1.807) is 6.26 Å². The number of aromatic nitrogens is 3. The van der Waals surface area contributed by atoms with E-state index in [2.05, 4.69) is 41.5 Å². The second-order valence-electron chi connectivity index (χ2n) is 7.75. The van der Waals surface area contributed by atoms with Gasteiger partial charge in [0, 0.05) is 16.3 Å². The zero-order valence-electron chi connectivity index (χ0n) is 18.5. The van der Waals surface area contributed by atoms with E-state index >= 15 is 0 Å². The van der Waals surface area contributed by atoms with Crippen LogP contribution >= 0.6 is 23.4 Å². The molecule has 33 heavy (non-hydrogen) atoms. The predicted octanol–water partition coefficient (Wildman–Crippen LogP) is 6.48. The summed E-state index contributed by atoms with van der Waals surface area (Å²) in [5.74, 6) is 2.08. The fraction of sp³-hybridized carbons (Fsp3) is 0.240. The van der Waals surface area contributed by atoms with Gasteiger partial charge in [0.05, 0.1) is 18.6 Å². The number of hydrogen-bond acceptors (Lipinski definition) is 5. The third-order valence-electron chi connectivity index (χ3n) is 5.42. The molecular weight excluding hydrogens is 456 g/mol. The predicted molar refractivity (Wildman–Crippen MR) is 133 cm³/mol. The molecule has 1 N–H and O–H groups in total. The van der Waals surface area contributed by atoms with Gasteiger partial charge in [0.15, 0.2) is 11.0 Å². The molecule has 0 saturated carbocycles. The average Bonchev–Trinajstić information content (AvgIpc) is 3.49. The van der Waals surface area contributed by atoms with Crippen LogP contribution in [0.25, 0.3) is 11.4 Å². The fourth-order valence-electron chi connectivity index (χ4n) is 3.37. The Morgan fingerprint density at radius 3 is 2.55 bits per heavy atom. The molecule has 170 valence electrons. The minimum atomic E-state index is -0.100. The summed E-state index contributed by atoms with van der Waals surface area (Å²) in [7, 11) is 0. The number of anilines is 1. The molecule has 0 saturated heterocycles. The highest BCUT2D eigenvalue weighted by molar-refractivity contribution is 7.99. The van der Waals surface area contributed by atoms with Gasteiger partial charge in [-0.25, -0.2) is 0 Å². The molecule has 2 aromatic heterocycles. The summed E-state index contributed by atoms with van der Waals surface area (Å²) in [6.45, 7) is 4.82. The van der Waals surface area contributed by atoms with E-state index in [0.29, 0.717) is 28.5 Å². The van der Waals surface area contributed by atoms with E-state index in [-0.39, 0.29) is 11.7 Å². The molecule has 6 nitrogen and oxygen atoms in total. The minimum absolute atomic E-state index is 0.100. The Kier molecular flexibility index (Phi) is 7.52. The largest absolute Gasteiger partial charge is 0.467 e. The van der Waals surface area contributed by atoms with Gasteiger partial charge >= 0.3 is 0 Å². The Morgan fingerprint density at radius 1 is 1.12 bits per heavy atom. The van der Waals surface area contributed by atoms with Gasteiger partial charge in [-0.05, 0) is 66.4 Å². The van der Waals surface area contributed by atoms with E-state index in [9.17, 15) is 4.79 Å². The van der Waals surface area contributed by atoms with Crippen LogP contribution in [-0.4, -0.2) is 26.4 Å². The lowest BCUT2D eigenvalue weighted by Crippen LogP contribution is -2.15. The van der Waals surface area contributed by atoms with Gasteiger partial charge in [0.2, 0.25) is 5.91 Å². The normalized spacial score (nSPS) is 12.0. The topological polar surface area (TPSA) is 73.0 Å². The number of hydrogen-bond donors (Lipinski definition) is 1. The van der Waals surface area contributed by atoms with Crippen molar-refractivity contribution in [1.82, 2.24) is 14.8 Å². The minimum Gasteiger partial charge on any atom is -0.467 e. The molecule has 2 aromatic carbocycles. The van der Waals surface area contributed by atoms with Crippen molar-refractivity contribution in [2.75, 3.05) is 11.1 Å². The van der Waals surface area contributed by atoms with Gasteiger partial charge < -0.3 is 9.73 Å². The summed E-state index contributed by atoms with van der Waals surface area (Å²) in [5.41, 5.74) is 2.94. The monoisotopic (exact) mass is 480 g/mol. The molecule has 0 aliphatic rings. The molecule has 0 radical (unpaired) electrons. The summed E-state index contributed by atoms with van der Waals surface area (Å²) in [4.78, 5) is 12.6. The molecule has 0 fully saturated rings. The number of amides is 1. The maximum atomic E-state index is 12.6. The van der Waals surface area contributed by atoms with Crippen LogP contribution in [-0.2, 0) is 11.3 Å². The van der Waals surface area contributed by atoms with Gasteiger partial charge in [-0.1, -0.05) is 49.3 Å². The Morgan fingerprint density at radius 2 is 1.88 bits per heavy atom. The number of nitrogens with one attached hydrogen (secondary N) is 1. The van der Waals surface area contributed by atoms with Crippen molar-refractivity contribution in [3.8, 4) is 11.4 Å². The first-order valence-electron chi connectivity index (χ1n) is 10.8. The molecule has 1 amide bonds. The Bertz CT molecular complexity index is 1190. The molecular formula is C25H25ClN4O2S. The third kappa shape index (κ3) is 5.86. The van der Waals surface area contributed by atoms with Crippen molar-refractivity contribution in [2.45, 2.75) is 37.9 Å². The van der Waals surface area contributed by atoms with Crippen molar-refractivity contribution in [3.05, 3.63) is 83.3 Å². The van der Waals surface area contributed by atoms with Crippen LogP contribution in [0.15, 0.2) is 76.5 Å². The van der Waals surface area contributed by atoms with Gasteiger partial charge in [0.1, 0.15) is 5.76 Å². The molecule has 4 rings (SSSR count). The average molecular weight is 481 g/mol. The second-order valence-corrected chi connectivity index (χ2v) is 9.13. The zero-order valence-corrected chi connectivity index (χ0v) is 20.1. The second kappa shape index (κ2) is 10.7. The van der Waals surface area contributed by atoms with Crippen molar-refractivity contribution in [1.29, 1.82) is 0 Å². The van der Waals surface area contributed by atoms with Gasteiger partial charge in [-0.2, -0.15) is 0 Å². The Balaban J connectivity index is 1.47. The first-order chi connectivity index (χ1) is 16.0. The molecule has 1 atom stereocenters. The highest BCUT2D eigenvalue weighted by Crippen LogP contribution is 2.27. The van der Waals surface area contributed by atoms with Gasteiger partial charge in [-0.3, -0.25) is 9.36 Å². The van der Waals surface area contributed by atoms with E-state index in [4.69, 9.17) is 16.0 Å². The molecule has 0 unspecified atom stereocenters. The maximum absolute atomic E-state index is 12.6. The van der Waals surface area contributed by atoms with E-state index in [1.165, 1.54) is 17.3 Å². The summed E-state index contributed by atoms with van der Waals surface area (Å²) in [5, 5.41) is 12.9. The lowest BCUT2D eigenvalue weighted by molar-refractivity contribution is -0.113. The molecule has 4 aromatic rings. The SMILES string of the molecule is CC[C@H](C)c1ccc(NC(=O)CSc2nnc(-c3ccc(Cl)cc3)n2Cc2ccco2)cc1. The van der Waals surface area contributed by atoms with E-state index in [0.717, 1.165) is 23.4 Å². The van der Waals surface area contributed by atoms with Crippen LogP contribution in [0.4, 0.5) is 5.69 Å². The number of furan rings is 1. The lowest BCUT2D eigenvalue weighted by Gasteiger charge is -2.11. The van der Waals surface area contributed by atoms with Gasteiger partial charge in [0.25, 0.3) is 0 Å². The zero-order chi connectivity index (χ0) is 23.2. The van der Waals surface area contributed by atoms with Crippen molar-refractivity contribution in [3.63, 3.8) is 0 Å². The standard InChI is InChI=1S/C25H25ClN4O2S/c1-3-17(2)18-8-12-21(13-9-18)27-23(31)16-33-25-29-28-24(19-6-10-20(26)11-7-19)30(25)15-22-5-4-14-32-22/h4-14,17H,3,15-16H2,1-2H3,(H,27,31)/t17-/m0/s1. The third-order valence-corrected chi connectivity index (χ3v) is 6.64. The summed E-state index contributed by atoms with van der Waals surface area (Å²) >= 11 is 7.37. The lowest BCUT2D eigenvalue weighted by atomic mass is 9.99. The molecule has 2 heterocycles. The molecule has 0 bridgehead atoms. The number of carbonyl (C=O) groups excluding carboxylic acids is 1. The molecule has 8 heteroatoms.